The van der Waals surface area contributed by atoms with Gasteiger partial charge >= 0.3 is 6.09 Å². The number of amides is 2. The minimum Gasteiger partial charge on any atom is -0.493 e. The molecule has 2 aliphatic rings. The molecule has 148 valence electrons. The van der Waals surface area contributed by atoms with Gasteiger partial charge in [-0.25, -0.2) is 4.79 Å². The van der Waals surface area contributed by atoms with Gasteiger partial charge in [-0.05, 0) is 44.7 Å². The zero-order valence-corrected chi connectivity index (χ0v) is 15.9. The van der Waals surface area contributed by atoms with E-state index in [-0.39, 0.29) is 6.54 Å². The van der Waals surface area contributed by atoms with Crippen LogP contribution < -0.4 is 14.8 Å². The molecule has 0 radical (unpaired) electrons. The van der Waals surface area contributed by atoms with E-state index in [9.17, 15) is 14.7 Å². The minimum absolute atomic E-state index is 0.304. The Morgan fingerprint density at radius 2 is 1.89 bits per heavy atom. The van der Waals surface area contributed by atoms with Gasteiger partial charge in [0.1, 0.15) is 6.54 Å². The number of anilines is 1. The molecule has 0 bridgehead atoms. The highest BCUT2D eigenvalue weighted by Gasteiger charge is 2.62. The van der Waals surface area contributed by atoms with Crippen LogP contribution in [0.3, 0.4) is 0 Å². The third kappa shape index (κ3) is 3.41. The molecule has 2 fully saturated rings. The third-order valence-corrected chi connectivity index (χ3v) is 5.52. The number of aliphatic hydroxyl groups is 1. The van der Waals surface area contributed by atoms with Gasteiger partial charge in [-0.15, -0.1) is 0 Å². The predicted molar refractivity (Wildman–Crippen MR) is 97.8 cm³/mol. The van der Waals surface area contributed by atoms with Crippen LogP contribution in [-0.4, -0.2) is 54.1 Å². The summed E-state index contributed by atoms with van der Waals surface area (Å²) in [6, 6.07) is 4.97. The summed E-state index contributed by atoms with van der Waals surface area (Å²) in [5, 5.41) is 13.7. The van der Waals surface area contributed by atoms with Crippen molar-refractivity contribution in [3.05, 3.63) is 18.2 Å². The standard InChI is InChI=1S/C19H26N2O6/c1-18(24)19(9-5-4-6-10-19)27-17(23)21(18)12-16(22)20-13-7-8-14(25-2)15(11-13)26-3/h7-8,11,24H,4-6,9-10,12H2,1-3H3,(H,20,22)/t18-/m0/s1. The quantitative estimate of drug-likeness (QED) is 0.817. The summed E-state index contributed by atoms with van der Waals surface area (Å²) in [4.78, 5) is 26.0. The fourth-order valence-corrected chi connectivity index (χ4v) is 3.92. The van der Waals surface area contributed by atoms with Crippen LogP contribution in [0.5, 0.6) is 11.5 Å². The van der Waals surface area contributed by atoms with Gasteiger partial charge in [0.15, 0.2) is 22.8 Å². The van der Waals surface area contributed by atoms with Crippen LogP contribution in [0.2, 0.25) is 0 Å². The molecule has 1 aromatic rings. The van der Waals surface area contributed by atoms with E-state index in [1.54, 1.807) is 25.1 Å². The van der Waals surface area contributed by atoms with Gasteiger partial charge in [0, 0.05) is 11.8 Å². The van der Waals surface area contributed by atoms with Crippen molar-refractivity contribution in [3.63, 3.8) is 0 Å². The highest BCUT2D eigenvalue weighted by Crippen LogP contribution is 2.46. The first-order chi connectivity index (χ1) is 12.8. The van der Waals surface area contributed by atoms with E-state index < -0.39 is 23.3 Å². The Hall–Kier alpha value is -2.48. The smallest absolute Gasteiger partial charge is 0.413 e. The number of ether oxygens (including phenoxy) is 3. The average molecular weight is 378 g/mol. The second kappa shape index (κ2) is 7.26. The number of rotatable bonds is 5. The minimum atomic E-state index is -1.53. The van der Waals surface area contributed by atoms with E-state index in [0.29, 0.717) is 30.0 Å². The summed E-state index contributed by atoms with van der Waals surface area (Å²) >= 11 is 0. The second-order valence-electron chi connectivity index (χ2n) is 7.15. The average Bonchev–Trinajstić information content (AvgIpc) is 2.82. The molecule has 1 atom stereocenters. The van der Waals surface area contributed by atoms with Gasteiger partial charge in [-0.1, -0.05) is 6.42 Å². The normalized spacial score (nSPS) is 23.9. The monoisotopic (exact) mass is 378 g/mol. The summed E-state index contributed by atoms with van der Waals surface area (Å²) in [5.41, 5.74) is -1.97. The van der Waals surface area contributed by atoms with Crippen molar-refractivity contribution >= 4 is 17.7 Å². The van der Waals surface area contributed by atoms with Gasteiger partial charge in [0.05, 0.1) is 14.2 Å². The molecule has 0 unspecified atom stereocenters. The number of methoxy groups -OCH3 is 2. The molecule has 0 aromatic heterocycles. The van der Waals surface area contributed by atoms with Crippen LogP contribution in [0, 0.1) is 0 Å². The van der Waals surface area contributed by atoms with Crippen molar-refractivity contribution in [2.45, 2.75) is 50.4 Å². The summed E-state index contributed by atoms with van der Waals surface area (Å²) in [6.45, 7) is 1.24. The number of nitrogens with one attached hydrogen (secondary N) is 1. The Morgan fingerprint density at radius 3 is 2.52 bits per heavy atom. The van der Waals surface area contributed by atoms with Crippen LogP contribution in [-0.2, 0) is 9.53 Å². The molecule has 3 rings (SSSR count). The van der Waals surface area contributed by atoms with Crippen LogP contribution in [0.4, 0.5) is 10.5 Å². The maximum absolute atomic E-state index is 12.5. The third-order valence-electron chi connectivity index (χ3n) is 5.52. The number of carbonyl (C=O) groups excluding carboxylic acids is 2. The van der Waals surface area contributed by atoms with Crippen molar-refractivity contribution in [2.75, 3.05) is 26.1 Å². The molecule has 2 N–H and O–H groups in total. The van der Waals surface area contributed by atoms with E-state index in [4.69, 9.17) is 14.2 Å². The summed E-state index contributed by atoms with van der Waals surface area (Å²) in [5.74, 6) is 0.581. The number of nitrogens with zero attached hydrogens (tertiary/aromatic N) is 1. The maximum Gasteiger partial charge on any atom is 0.413 e. The fraction of sp³-hybridized carbons (Fsp3) is 0.579. The molecule has 1 aromatic carbocycles. The van der Waals surface area contributed by atoms with Crippen molar-refractivity contribution in [1.29, 1.82) is 0 Å². The fourth-order valence-electron chi connectivity index (χ4n) is 3.92. The molecule has 1 saturated heterocycles. The molecular formula is C19H26N2O6. The lowest BCUT2D eigenvalue weighted by Crippen LogP contribution is -2.58. The van der Waals surface area contributed by atoms with Crippen molar-refractivity contribution in [1.82, 2.24) is 4.90 Å². The van der Waals surface area contributed by atoms with E-state index in [1.165, 1.54) is 14.2 Å². The Bertz CT molecular complexity index is 727. The topological polar surface area (TPSA) is 97.3 Å². The molecule has 1 spiro atoms. The highest BCUT2D eigenvalue weighted by atomic mass is 16.6. The van der Waals surface area contributed by atoms with Crippen molar-refractivity contribution in [3.8, 4) is 11.5 Å². The Balaban J connectivity index is 1.71. The first kappa shape index (κ1) is 19.3. The van der Waals surface area contributed by atoms with Gasteiger partial charge in [0.25, 0.3) is 0 Å². The first-order valence-corrected chi connectivity index (χ1v) is 9.08. The number of hydrogen-bond donors (Lipinski definition) is 2. The zero-order valence-electron chi connectivity index (χ0n) is 15.9. The molecule has 8 nitrogen and oxygen atoms in total. The largest absolute Gasteiger partial charge is 0.493 e. The lowest BCUT2D eigenvalue weighted by Gasteiger charge is -2.41. The molecule has 2 amide bonds. The van der Waals surface area contributed by atoms with Gasteiger partial charge in [0.2, 0.25) is 5.91 Å². The SMILES string of the molecule is COc1ccc(NC(=O)CN2C(=O)OC3(CCCCC3)[C@]2(C)O)cc1OC. The number of hydrogen-bond acceptors (Lipinski definition) is 6. The van der Waals surface area contributed by atoms with Crippen LogP contribution in [0.15, 0.2) is 18.2 Å². The molecule has 1 aliphatic carbocycles. The molecule has 27 heavy (non-hydrogen) atoms. The second-order valence-corrected chi connectivity index (χ2v) is 7.15. The Labute approximate surface area is 158 Å². The number of carbonyl (C=O) groups is 2. The summed E-state index contributed by atoms with van der Waals surface area (Å²) in [6.07, 6.45) is 3.35. The highest BCUT2D eigenvalue weighted by molar-refractivity contribution is 5.94. The number of benzene rings is 1. The Kier molecular flexibility index (Phi) is 5.19. The van der Waals surface area contributed by atoms with Crippen LogP contribution >= 0.6 is 0 Å². The summed E-state index contributed by atoms with van der Waals surface area (Å²) in [7, 11) is 3.03. The van der Waals surface area contributed by atoms with E-state index in [0.717, 1.165) is 24.2 Å². The molecule has 1 saturated carbocycles. The van der Waals surface area contributed by atoms with Gasteiger partial charge in [-0.3, -0.25) is 9.69 Å². The van der Waals surface area contributed by atoms with Crippen molar-refractivity contribution < 1.29 is 28.9 Å². The first-order valence-electron chi connectivity index (χ1n) is 9.08. The van der Waals surface area contributed by atoms with Gasteiger partial charge in [-0.2, -0.15) is 0 Å². The van der Waals surface area contributed by atoms with E-state index >= 15 is 0 Å². The van der Waals surface area contributed by atoms with Gasteiger partial charge < -0.3 is 24.6 Å². The van der Waals surface area contributed by atoms with Crippen molar-refractivity contribution in [2.24, 2.45) is 0 Å². The molecule has 1 aliphatic heterocycles. The van der Waals surface area contributed by atoms with Crippen LogP contribution in [0.25, 0.3) is 0 Å². The predicted octanol–water partition coefficient (Wildman–Crippen LogP) is 2.51. The molecular weight excluding hydrogens is 352 g/mol. The van der Waals surface area contributed by atoms with E-state index in [1.807, 2.05) is 0 Å². The molecule has 8 heteroatoms. The van der Waals surface area contributed by atoms with Crippen LogP contribution in [0.1, 0.15) is 39.0 Å². The van der Waals surface area contributed by atoms with E-state index in [2.05, 4.69) is 5.32 Å². The Morgan fingerprint density at radius 1 is 1.22 bits per heavy atom. The summed E-state index contributed by atoms with van der Waals surface area (Å²) < 4.78 is 15.9. The zero-order chi connectivity index (χ0) is 19.7. The maximum atomic E-state index is 12.5. The lowest BCUT2D eigenvalue weighted by atomic mass is 9.77. The molecule has 1 heterocycles. The lowest BCUT2D eigenvalue weighted by molar-refractivity contribution is -0.160.